The first-order chi connectivity index (χ1) is 8.79. The fourth-order valence-corrected chi connectivity index (χ4v) is 2.55. The average Bonchev–Trinajstić information content (AvgIpc) is 2.42. The Labute approximate surface area is 110 Å². The van der Waals surface area contributed by atoms with Crippen molar-refractivity contribution in [1.29, 1.82) is 0 Å². The summed E-state index contributed by atoms with van der Waals surface area (Å²) in [5, 5.41) is 3.71. The predicted octanol–water partition coefficient (Wildman–Crippen LogP) is 2.38. The highest BCUT2D eigenvalue weighted by Crippen LogP contribution is 2.16. The maximum absolute atomic E-state index is 4.18. The number of nitrogens with one attached hydrogen (secondary N) is 1. The lowest BCUT2D eigenvalue weighted by Crippen LogP contribution is -2.43. The quantitative estimate of drug-likeness (QED) is 0.807. The van der Waals surface area contributed by atoms with E-state index in [0.29, 0.717) is 12.1 Å². The third-order valence-corrected chi connectivity index (χ3v) is 3.64. The van der Waals surface area contributed by atoms with Crippen LogP contribution in [0.5, 0.6) is 0 Å². The second-order valence-electron chi connectivity index (χ2n) is 5.04. The third-order valence-electron chi connectivity index (χ3n) is 3.64. The van der Waals surface area contributed by atoms with Gasteiger partial charge in [0.25, 0.3) is 0 Å². The van der Waals surface area contributed by atoms with Gasteiger partial charge in [-0.05, 0) is 44.5 Å². The van der Waals surface area contributed by atoms with E-state index in [4.69, 9.17) is 0 Å². The van der Waals surface area contributed by atoms with Crippen LogP contribution in [0.3, 0.4) is 0 Å². The van der Waals surface area contributed by atoms with Gasteiger partial charge in [-0.25, -0.2) is 0 Å². The molecule has 3 heteroatoms. The summed E-state index contributed by atoms with van der Waals surface area (Å²) in [6, 6.07) is 5.15. The number of aromatic nitrogens is 1. The van der Waals surface area contributed by atoms with Crippen molar-refractivity contribution in [2.24, 2.45) is 0 Å². The molecule has 0 spiro atoms. The summed E-state index contributed by atoms with van der Waals surface area (Å²) in [5.74, 6) is 0. The lowest BCUT2D eigenvalue weighted by Gasteiger charge is -2.33. The third kappa shape index (κ3) is 3.65. The zero-order valence-corrected chi connectivity index (χ0v) is 11.2. The monoisotopic (exact) mass is 245 g/mol. The van der Waals surface area contributed by atoms with Crippen LogP contribution in [0.2, 0.25) is 0 Å². The van der Waals surface area contributed by atoms with Crippen LogP contribution in [0.1, 0.15) is 31.4 Å². The van der Waals surface area contributed by atoms with E-state index in [1.807, 2.05) is 24.5 Å². The molecule has 0 saturated carbocycles. The first-order valence-corrected chi connectivity index (χ1v) is 6.79. The van der Waals surface area contributed by atoms with E-state index in [9.17, 15) is 0 Å². The van der Waals surface area contributed by atoms with E-state index in [0.717, 1.165) is 6.54 Å². The molecule has 18 heavy (non-hydrogen) atoms. The molecule has 1 aliphatic heterocycles. The second kappa shape index (κ2) is 6.66. The van der Waals surface area contributed by atoms with Crippen molar-refractivity contribution in [3.05, 3.63) is 42.7 Å². The molecule has 0 aliphatic carbocycles. The first kappa shape index (κ1) is 13.2. The van der Waals surface area contributed by atoms with Crippen LogP contribution >= 0.6 is 0 Å². The number of hydrogen-bond donors (Lipinski definition) is 1. The van der Waals surface area contributed by atoms with Crippen molar-refractivity contribution in [3.63, 3.8) is 0 Å². The number of hydrogen-bond acceptors (Lipinski definition) is 3. The maximum atomic E-state index is 4.18. The molecular formula is C15H23N3. The van der Waals surface area contributed by atoms with Crippen molar-refractivity contribution in [2.75, 3.05) is 19.6 Å². The Bertz CT molecular complexity index is 355. The number of pyridine rings is 1. The van der Waals surface area contributed by atoms with Crippen molar-refractivity contribution < 1.29 is 0 Å². The van der Waals surface area contributed by atoms with E-state index < -0.39 is 0 Å². The van der Waals surface area contributed by atoms with Gasteiger partial charge in [0.2, 0.25) is 0 Å². The van der Waals surface area contributed by atoms with Gasteiger partial charge < -0.3 is 5.32 Å². The molecule has 0 unspecified atom stereocenters. The van der Waals surface area contributed by atoms with E-state index >= 15 is 0 Å². The second-order valence-corrected chi connectivity index (χ2v) is 5.04. The van der Waals surface area contributed by atoms with Crippen LogP contribution in [-0.2, 0) is 0 Å². The van der Waals surface area contributed by atoms with Crippen LogP contribution < -0.4 is 5.32 Å². The standard InChI is InChI=1S/C15H23N3/c1-3-9-18-10-6-15(7-11-18)17-13(2)14-5-4-8-16-12-14/h3-5,8,12-13,15,17H,1,6-7,9-11H2,2H3/t13-/m1/s1. The Morgan fingerprint density at radius 2 is 2.33 bits per heavy atom. The number of rotatable bonds is 5. The Morgan fingerprint density at radius 1 is 1.56 bits per heavy atom. The molecule has 1 atom stereocenters. The van der Waals surface area contributed by atoms with Crippen molar-refractivity contribution >= 4 is 0 Å². The van der Waals surface area contributed by atoms with Crippen LogP contribution in [0.25, 0.3) is 0 Å². The number of nitrogens with zero attached hydrogens (tertiary/aromatic N) is 2. The highest BCUT2D eigenvalue weighted by Gasteiger charge is 2.19. The molecule has 1 aromatic rings. The fourth-order valence-electron chi connectivity index (χ4n) is 2.55. The minimum atomic E-state index is 0.384. The van der Waals surface area contributed by atoms with E-state index in [1.54, 1.807) is 0 Å². The van der Waals surface area contributed by atoms with Crippen LogP contribution in [0.4, 0.5) is 0 Å². The Kier molecular flexibility index (Phi) is 4.90. The van der Waals surface area contributed by atoms with Crippen molar-refractivity contribution in [1.82, 2.24) is 15.2 Å². The van der Waals surface area contributed by atoms with Gasteiger partial charge in [-0.15, -0.1) is 6.58 Å². The normalized spacial score (nSPS) is 19.6. The molecule has 0 amide bonds. The average molecular weight is 245 g/mol. The molecule has 1 saturated heterocycles. The molecule has 1 aromatic heterocycles. The van der Waals surface area contributed by atoms with Crippen LogP contribution in [0.15, 0.2) is 37.2 Å². The maximum Gasteiger partial charge on any atom is 0.0315 e. The summed E-state index contributed by atoms with van der Waals surface area (Å²) in [6.07, 6.45) is 8.21. The SMILES string of the molecule is C=CCN1CCC(N[C@H](C)c2cccnc2)CC1. The summed E-state index contributed by atoms with van der Waals surface area (Å²) in [5.41, 5.74) is 1.27. The Balaban J connectivity index is 1.79. The molecule has 0 radical (unpaired) electrons. The molecule has 0 bridgehead atoms. The van der Waals surface area contributed by atoms with Gasteiger partial charge in [0.15, 0.2) is 0 Å². The van der Waals surface area contributed by atoms with Gasteiger partial charge in [-0.2, -0.15) is 0 Å². The topological polar surface area (TPSA) is 28.2 Å². The molecule has 1 N–H and O–H groups in total. The van der Waals surface area contributed by atoms with E-state index in [1.165, 1.54) is 31.5 Å². The molecule has 0 aromatic carbocycles. The molecule has 1 aliphatic rings. The fraction of sp³-hybridized carbons (Fsp3) is 0.533. The molecule has 3 nitrogen and oxygen atoms in total. The zero-order chi connectivity index (χ0) is 12.8. The summed E-state index contributed by atoms with van der Waals surface area (Å²) in [4.78, 5) is 6.63. The molecule has 98 valence electrons. The lowest BCUT2D eigenvalue weighted by atomic mass is 10.0. The predicted molar refractivity (Wildman–Crippen MR) is 75.4 cm³/mol. The van der Waals surface area contributed by atoms with Crippen molar-refractivity contribution in [3.8, 4) is 0 Å². The van der Waals surface area contributed by atoms with Gasteiger partial charge in [0.05, 0.1) is 0 Å². The molecule has 1 fully saturated rings. The Morgan fingerprint density at radius 3 is 2.94 bits per heavy atom. The van der Waals surface area contributed by atoms with Gasteiger partial charge in [0.1, 0.15) is 0 Å². The van der Waals surface area contributed by atoms with Gasteiger partial charge in [0, 0.05) is 31.0 Å². The van der Waals surface area contributed by atoms with E-state index in [2.05, 4.69) is 34.8 Å². The van der Waals surface area contributed by atoms with Crippen LogP contribution in [0, 0.1) is 0 Å². The number of likely N-dealkylation sites (tertiary alicyclic amines) is 1. The minimum absolute atomic E-state index is 0.384. The summed E-state index contributed by atoms with van der Waals surface area (Å²) < 4.78 is 0. The van der Waals surface area contributed by atoms with E-state index in [-0.39, 0.29) is 0 Å². The van der Waals surface area contributed by atoms with Gasteiger partial charge in [-0.3, -0.25) is 9.88 Å². The lowest BCUT2D eigenvalue weighted by molar-refractivity contribution is 0.208. The molecule has 2 heterocycles. The van der Waals surface area contributed by atoms with Gasteiger partial charge in [-0.1, -0.05) is 12.1 Å². The largest absolute Gasteiger partial charge is 0.307 e. The zero-order valence-electron chi connectivity index (χ0n) is 11.2. The molecule has 2 rings (SSSR count). The molecular weight excluding hydrogens is 222 g/mol. The van der Waals surface area contributed by atoms with Crippen molar-refractivity contribution in [2.45, 2.75) is 31.8 Å². The summed E-state index contributed by atoms with van der Waals surface area (Å²) in [7, 11) is 0. The number of piperidine rings is 1. The van der Waals surface area contributed by atoms with Crippen LogP contribution in [-0.4, -0.2) is 35.6 Å². The Hall–Kier alpha value is -1.19. The summed E-state index contributed by atoms with van der Waals surface area (Å²) in [6.45, 7) is 9.37. The summed E-state index contributed by atoms with van der Waals surface area (Å²) >= 11 is 0. The highest BCUT2D eigenvalue weighted by molar-refractivity contribution is 5.13. The first-order valence-electron chi connectivity index (χ1n) is 6.79. The van der Waals surface area contributed by atoms with Gasteiger partial charge >= 0.3 is 0 Å². The smallest absolute Gasteiger partial charge is 0.0315 e. The minimum Gasteiger partial charge on any atom is -0.307 e. The highest BCUT2D eigenvalue weighted by atomic mass is 15.1.